The van der Waals surface area contributed by atoms with Crippen LogP contribution in [0.4, 0.5) is 32.4 Å². The second kappa shape index (κ2) is 9.42. The highest BCUT2D eigenvalue weighted by Crippen LogP contribution is 2.38. The third-order valence-corrected chi connectivity index (χ3v) is 4.20. The molecule has 0 aromatic heterocycles. The molecule has 1 atom stereocenters. The second-order valence-electron chi connectivity index (χ2n) is 5.45. The Hall–Kier alpha value is -2.68. The maximum Gasteiger partial charge on any atom is 0.432 e. The van der Waals surface area contributed by atoms with E-state index in [1.807, 2.05) is 0 Å². The first kappa shape index (κ1) is 25.4. The minimum absolute atomic E-state index is 0.0150. The van der Waals surface area contributed by atoms with Gasteiger partial charge in [-0.2, -0.15) is 30.4 Å². The van der Waals surface area contributed by atoms with Crippen LogP contribution in [0.3, 0.4) is 0 Å². The molecule has 164 valence electrons. The van der Waals surface area contributed by atoms with Crippen molar-refractivity contribution in [3.63, 3.8) is 0 Å². The number of benzene rings is 1. The molecule has 2 radical (unpaired) electrons. The highest BCUT2D eigenvalue weighted by molar-refractivity contribution is 7.86. The van der Waals surface area contributed by atoms with Crippen LogP contribution in [0.5, 0.6) is 0 Å². The topological polar surface area (TPSA) is 119 Å². The van der Waals surface area contributed by atoms with Crippen molar-refractivity contribution >= 4 is 35.7 Å². The zero-order chi connectivity index (χ0) is 23.3. The molecule has 0 spiro atoms. The maximum absolute atomic E-state index is 13.5. The van der Waals surface area contributed by atoms with Gasteiger partial charge in [0.05, 0.1) is 13.4 Å². The molecule has 0 saturated heterocycles. The van der Waals surface area contributed by atoms with Crippen LogP contribution in [-0.2, 0) is 25.9 Å². The fraction of sp³-hybridized carbons (Fsp3) is 0.333. The fourth-order valence-electron chi connectivity index (χ4n) is 1.93. The number of ether oxygens (including phenoxy) is 2. The Labute approximate surface area is 168 Å². The summed E-state index contributed by atoms with van der Waals surface area (Å²) in [6.45, 7) is 3.17. The number of anilines is 1. The Bertz CT molecular complexity index is 920. The Kier molecular flexibility index (Phi) is 7.97. The second-order valence-corrected chi connectivity index (χ2v) is 6.95. The van der Waals surface area contributed by atoms with Crippen molar-refractivity contribution in [2.75, 3.05) is 11.9 Å². The molecule has 1 rings (SSSR count). The standard InChI is InChI=1S/C15H13BF5NO7S/c1-2-5-28-13(24)22-10-4-3-8(6-9(10)7-16)11(23)29-12(14(17,18)19)15(20,21)30(25,26)27/h2-4,6,12H,1,5,7H2,(H,22,24)(H,25,26,27). The summed E-state index contributed by atoms with van der Waals surface area (Å²) >= 11 is 0. The van der Waals surface area contributed by atoms with Crippen LogP contribution in [0.2, 0.25) is 0 Å². The largest absolute Gasteiger partial charge is 0.445 e. The van der Waals surface area contributed by atoms with E-state index in [0.717, 1.165) is 18.2 Å². The molecule has 30 heavy (non-hydrogen) atoms. The van der Waals surface area contributed by atoms with E-state index in [0.29, 0.717) is 0 Å². The zero-order valence-electron chi connectivity index (χ0n) is 14.8. The maximum atomic E-state index is 13.5. The lowest BCUT2D eigenvalue weighted by Gasteiger charge is -2.26. The number of carbonyl (C=O) groups is 2. The fourth-order valence-corrected chi connectivity index (χ4v) is 2.38. The van der Waals surface area contributed by atoms with Gasteiger partial charge in [0.1, 0.15) is 6.61 Å². The number of carbonyl (C=O) groups excluding carboxylic acids is 2. The first-order chi connectivity index (χ1) is 13.6. The predicted octanol–water partition coefficient (Wildman–Crippen LogP) is 2.66. The molecule has 0 aliphatic heterocycles. The lowest BCUT2D eigenvalue weighted by molar-refractivity contribution is -0.248. The van der Waals surface area contributed by atoms with Crippen molar-refractivity contribution in [1.82, 2.24) is 0 Å². The molecule has 1 aromatic carbocycles. The first-order valence-electron chi connectivity index (χ1n) is 7.65. The molecule has 15 heteroatoms. The quantitative estimate of drug-likeness (QED) is 0.203. The first-order valence-corrected chi connectivity index (χ1v) is 9.09. The van der Waals surface area contributed by atoms with Gasteiger partial charge in [0.25, 0.3) is 6.10 Å². The van der Waals surface area contributed by atoms with Crippen molar-refractivity contribution < 1.29 is 54.0 Å². The summed E-state index contributed by atoms with van der Waals surface area (Å²) in [7, 11) is -1.15. The number of esters is 1. The van der Waals surface area contributed by atoms with Crippen LogP contribution >= 0.6 is 0 Å². The van der Waals surface area contributed by atoms with E-state index in [4.69, 9.17) is 12.4 Å². The highest BCUT2D eigenvalue weighted by atomic mass is 32.2. The van der Waals surface area contributed by atoms with Crippen molar-refractivity contribution in [3.05, 3.63) is 42.0 Å². The molecule has 0 bridgehead atoms. The highest BCUT2D eigenvalue weighted by Gasteiger charge is 2.66. The van der Waals surface area contributed by atoms with Crippen LogP contribution in [0.25, 0.3) is 0 Å². The smallest absolute Gasteiger partial charge is 0.432 e. The van der Waals surface area contributed by atoms with Crippen LogP contribution < -0.4 is 5.32 Å². The lowest BCUT2D eigenvalue weighted by Crippen LogP contribution is -2.52. The van der Waals surface area contributed by atoms with Gasteiger partial charge < -0.3 is 9.47 Å². The summed E-state index contributed by atoms with van der Waals surface area (Å²) in [4.78, 5) is 23.4. The normalized spacial score (nSPS) is 13.3. The van der Waals surface area contributed by atoms with Gasteiger partial charge in [-0.05, 0) is 23.8 Å². The monoisotopic (exact) mass is 457 g/mol. The molecule has 0 aliphatic carbocycles. The summed E-state index contributed by atoms with van der Waals surface area (Å²) < 4.78 is 103. The Morgan fingerprint density at radius 2 is 1.87 bits per heavy atom. The molecule has 1 aromatic rings. The van der Waals surface area contributed by atoms with Crippen LogP contribution in [0, 0.1) is 0 Å². The van der Waals surface area contributed by atoms with Crippen molar-refractivity contribution in [3.8, 4) is 0 Å². The number of halogens is 5. The molecule has 0 fully saturated rings. The van der Waals surface area contributed by atoms with E-state index >= 15 is 0 Å². The summed E-state index contributed by atoms with van der Waals surface area (Å²) in [5, 5.41) is -3.65. The number of hydrogen-bond acceptors (Lipinski definition) is 6. The Balaban J connectivity index is 3.18. The minimum Gasteiger partial charge on any atom is -0.445 e. The van der Waals surface area contributed by atoms with Gasteiger partial charge in [0, 0.05) is 5.69 Å². The van der Waals surface area contributed by atoms with Crippen LogP contribution in [0.15, 0.2) is 30.9 Å². The van der Waals surface area contributed by atoms with Gasteiger partial charge in [-0.25, -0.2) is 9.59 Å². The van der Waals surface area contributed by atoms with E-state index in [1.54, 1.807) is 0 Å². The molecule has 0 aliphatic rings. The van der Waals surface area contributed by atoms with Gasteiger partial charge >= 0.3 is 33.6 Å². The zero-order valence-corrected chi connectivity index (χ0v) is 15.6. The summed E-state index contributed by atoms with van der Waals surface area (Å²) in [5.41, 5.74) is -0.760. The van der Waals surface area contributed by atoms with Crippen molar-refractivity contribution in [2.45, 2.75) is 23.9 Å². The molecule has 1 amide bonds. The molecule has 8 nitrogen and oxygen atoms in total. The Morgan fingerprint density at radius 1 is 1.27 bits per heavy atom. The lowest BCUT2D eigenvalue weighted by atomic mass is 9.94. The molecule has 1 unspecified atom stereocenters. The van der Waals surface area contributed by atoms with Gasteiger partial charge in [-0.3, -0.25) is 9.87 Å². The van der Waals surface area contributed by atoms with E-state index in [9.17, 15) is 40.0 Å². The van der Waals surface area contributed by atoms with Crippen molar-refractivity contribution in [2.24, 2.45) is 0 Å². The third kappa shape index (κ3) is 6.16. The van der Waals surface area contributed by atoms with E-state index in [1.165, 1.54) is 6.08 Å². The molecule has 0 heterocycles. The summed E-state index contributed by atoms with van der Waals surface area (Å²) in [6, 6.07) is 2.62. The van der Waals surface area contributed by atoms with E-state index < -0.39 is 45.3 Å². The van der Waals surface area contributed by atoms with Gasteiger partial charge in [-0.15, -0.1) is 0 Å². The van der Waals surface area contributed by atoms with Gasteiger partial charge in [0.2, 0.25) is 0 Å². The minimum atomic E-state index is -6.57. The van der Waals surface area contributed by atoms with Crippen LogP contribution in [-0.4, -0.2) is 57.0 Å². The van der Waals surface area contributed by atoms with E-state index in [-0.39, 0.29) is 24.2 Å². The number of amides is 1. The summed E-state index contributed by atoms with van der Waals surface area (Å²) in [5.74, 6) is -1.99. The average molecular weight is 457 g/mol. The third-order valence-electron chi connectivity index (χ3n) is 3.30. The van der Waals surface area contributed by atoms with Gasteiger partial charge in [0.15, 0.2) is 0 Å². The molecule has 0 saturated carbocycles. The number of hydrogen-bond donors (Lipinski definition) is 2. The van der Waals surface area contributed by atoms with E-state index in [2.05, 4.69) is 21.4 Å². The predicted molar refractivity (Wildman–Crippen MR) is 92.8 cm³/mol. The number of rotatable bonds is 8. The Morgan fingerprint density at radius 3 is 2.33 bits per heavy atom. The van der Waals surface area contributed by atoms with Gasteiger partial charge in [-0.1, -0.05) is 19.0 Å². The molecular weight excluding hydrogens is 444 g/mol. The summed E-state index contributed by atoms with van der Waals surface area (Å²) in [6.07, 6.45) is -10.6. The number of nitrogens with one attached hydrogen (secondary N) is 1. The SMILES string of the molecule is [B]Cc1cc(C(=O)OC(C(F)(F)F)C(F)(F)S(=O)(=O)O)ccc1NC(=O)OCC=C. The average Bonchev–Trinajstić information content (AvgIpc) is 2.62. The van der Waals surface area contributed by atoms with Crippen LogP contribution in [0.1, 0.15) is 15.9 Å². The number of alkyl halides is 5. The van der Waals surface area contributed by atoms with Crippen molar-refractivity contribution in [1.29, 1.82) is 0 Å². The molecular formula is C15H13BF5NO7S. The molecule has 2 N–H and O–H groups in total.